The summed E-state index contributed by atoms with van der Waals surface area (Å²) < 4.78 is 12.1. The van der Waals surface area contributed by atoms with Crippen molar-refractivity contribution < 1.29 is 23.9 Å². The molecule has 278 valence electrons. The summed E-state index contributed by atoms with van der Waals surface area (Å²) in [5.74, 6) is -1.77. The molecule has 1 aliphatic carbocycles. The summed E-state index contributed by atoms with van der Waals surface area (Å²) in [7, 11) is 32.0. The van der Waals surface area contributed by atoms with Crippen molar-refractivity contribution in [3.05, 3.63) is 65.7 Å². The molecule has 15 atom stereocenters. The molecule has 2 amide bonds. The normalized spacial score (nSPS) is 20.2. The van der Waals surface area contributed by atoms with E-state index in [1.807, 2.05) is 63.2 Å². The van der Waals surface area contributed by atoms with Crippen LogP contribution in [0.25, 0.3) is 0 Å². The van der Waals surface area contributed by atoms with Crippen LogP contribution in [0.15, 0.2) is 54.6 Å². The summed E-state index contributed by atoms with van der Waals surface area (Å²) in [6, 6.07) is 16.8. The number of nitrogens with zero attached hydrogens (tertiary/aromatic N) is 1. The second-order valence-electron chi connectivity index (χ2n) is 12.0. The van der Waals surface area contributed by atoms with Gasteiger partial charge >= 0.3 is 5.97 Å². The Bertz CT molecular complexity index is 1440. The molecule has 2 aliphatic rings. The number of esters is 1. The first-order valence-electron chi connectivity index (χ1n) is 15.3. The van der Waals surface area contributed by atoms with E-state index >= 15 is 0 Å². The van der Waals surface area contributed by atoms with Gasteiger partial charge in [0, 0.05) is 0 Å². The summed E-state index contributed by atoms with van der Waals surface area (Å²) in [4.78, 5) is 40.2. The molecule has 0 aromatic heterocycles. The molecule has 0 bridgehead atoms. The monoisotopic (exact) mass is 995 g/mol. The zero-order chi connectivity index (χ0) is 37.6. The Morgan fingerprint density at radius 3 is 1.94 bits per heavy atom. The Hall–Kier alpha value is 4.32. The van der Waals surface area contributed by atoms with E-state index in [9.17, 15) is 14.4 Å². The largest absolute Gasteiger partial charge is 0.463 e. The smallest absolute Gasteiger partial charge is 0.311 e. The molecule has 50 heavy (non-hydrogen) atoms. The fraction of sp³-hybridized carbons (Fsp3) is 0.444. The molecule has 0 radical (unpaired) electrons. The van der Waals surface area contributed by atoms with Crippen molar-refractivity contribution in [1.82, 2.24) is 0 Å². The van der Waals surface area contributed by atoms with E-state index in [1.165, 1.54) is 4.90 Å². The third-order valence-electron chi connectivity index (χ3n) is 8.53. The molecule has 1 fully saturated rings. The van der Waals surface area contributed by atoms with Gasteiger partial charge in [-0.05, 0) is 93.1 Å². The Labute approximate surface area is 330 Å². The van der Waals surface area contributed by atoms with Crippen molar-refractivity contribution in [2.45, 2.75) is 44.1 Å². The minimum Gasteiger partial charge on any atom is -0.463 e. The molecule has 23 heteroatoms. The maximum atomic E-state index is 13.4. The lowest BCUT2D eigenvalue weighted by Gasteiger charge is -2.53. The van der Waals surface area contributed by atoms with E-state index < -0.39 is 23.4 Å². The number of carbonyl (C=O) groups is 3. The summed E-state index contributed by atoms with van der Waals surface area (Å²) in [5.41, 5.74) is 1.96. The fourth-order valence-corrected chi connectivity index (χ4v) is 121. The molecule has 6 nitrogen and oxygen atoms in total. The van der Waals surface area contributed by atoms with Crippen LogP contribution in [0, 0.1) is 17.3 Å². The first-order chi connectivity index (χ1) is 23.5. The van der Waals surface area contributed by atoms with E-state index in [4.69, 9.17) is 9.47 Å². The first kappa shape index (κ1) is 48.7. The predicted molar refractivity (Wildman–Crippen MR) is 269 cm³/mol. The highest BCUT2D eigenvalue weighted by Crippen LogP contribution is 3.16. The van der Waals surface area contributed by atoms with Gasteiger partial charge in [0.05, 0.1) is 40.0 Å². The number of benzene rings is 2. The van der Waals surface area contributed by atoms with Crippen LogP contribution < -0.4 is 4.90 Å². The zero-order valence-corrected chi connectivity index (χ0v) is 46.1. The standard InChI is InChI=1S/C26H29NO5.CH21P17/c1-4-26(2,3)25(30)32-15-14-31-22-19-13-9-8-10-17(19)16-20-21(22)24(29)27(23(20)28)18-11-6-5-7-12-18;2-12-15(7)1(13(3)4,14(5)6)16(17(8)9)18(10)11/h5-13,20-22H,4,14-16H2,1-3H3;12H,2-11H2. The zero-order valence-electron chi connectivity index (χ0n) is 28.2. The molecule has 4 rings (SSSR count). The van der Waals surface area contributed by atoms with Crippen LogP contribution in [-0.4, -0.2) is 35.4 Å². The highest BCUT2D eigenvalue weighted by atomic mass is 33.0. The summed E-state index contributed by atoms with van der Waals surface area (Å²) in [6.07, 6.45) is 0.625. The van der Waals surface area contributed by atoms with Crippen LogP contribution in [0.5, 0.6) is 0 Å². The molecule has 0 spiro atoms. The number of hydrogen-bond acceptors (Lipinski definition) is 5. The van der Waals surface area contributed by atoms with Crippen LogP contribution in [0.1, 0.15) is 44.4 Å². The van der Waals surface area contributed by atoms with Crippen LogP contribution in [0.3, 0.4) is 0 Å². The lowest BCUT2D eigenvalue weighted by Crippen LogP contribution is -2.34. The molecule has 0 saturated carbocycles. The topological polar surface area (TPSA) is 72.9 Å². The number of rotatable bonds is 14. The van der Waals surface area contributed by atoms with Crippen molar-refractivity contribution >= 4 is 164 Å². The molecule has 2 aromatic rings. The minimum absolute atomic E-state index is 0.00686. The van der Waals surface area contributed by atoms with Crippen molar-refractivity contribution in [2.24, 2.45) is 17.3 Å². The average molecular weight is 995 g/mol. The second-order valence-corrected chi connectivity index (χ2v) is 61.0. The van der Waals surface area contributed by atoms with E-state index in [0.29, 0.717) is 22.9 Å². The lowest BCUT2D eigenvalue weighted by atomic mass is 9.75. The highest BCUT2D eigenvalue weighted by Gasteiger charge is 2.55. The van der Waals surface area contributed by atoms with E-state index in [2.05, 4.69) is 89.3 Å². The molecule has 1 saturated heterocycles. The van der Waals surface area contributed by atoms with Gasteiger partial charge in [0.15, 0.2) is 0 Å². The SMILES string of the molecule is CCC(C)(C)C(=O)OCCOC1c2ccccc2CC2C(=O)N(c3ccccc3)C(=O)C21.PPP(P)C(P(P)P)(P(P)P)P(P(P)P)P(P)P. The van der Waals surface area contributed by atoms with Crippen LogP contribution in [-0.2, 0) is 30.3 Å². The van der Waals surface area contributed by atoms with Crippen LogP contribution >= 0.6 is 140 Å². The van der Waals surface area contributed by atoms with Crippen molar-refractivity contribution in [1.29, 1.82) is 0 Å². The third kappa shape index (κ3) is 11.5. The van der Waals surface area contributed by atoms with Gasteiger partial charge in [-0.1, -0.05) is 57.3 Å². The van der Waals surface area contributed by atoms with Gasteiger partial charge in [-0.2, -0.15) is 0 Å². The molecule has 1 heterocycles. The van der Waals surface area contributed by atoms with Crippen molar-refractivity contribution in [2.75, 3.05) is 18.1 Å². The van der Waals surface area contributed by atoms with Gasteiger partial charge in [-0.25, -0.2) is 4.90 Å². The van der Waals surface area contributed by atoms with E-state index in [1.54, 1.807) is 12.1 Å². The fourth-order valence-electron chi connectivity index (χ4n) is 5.61. The maximum Gasteiger partial charge on any atom is 0.311 e. The Morgan fingerprint density at radius 2 is 1.42 bits per heavy atom. The van der Waals surface area contributed by atoms with Gasteiger partial charge in [0.25, 0.3) is 0 Å². The van der Waals surface area contributed by atoms with Gasteiger partial charge in [0.1, 0.15) is 6.61 Å². The molecule has 15 unspecified atom stereocenters. The van der Waals surface area contributed by atoms with E-state index in [-0.39, 0.29) is 74.2 Å². The molecule has 0 N–H and O–H groups in total. The van der Waals surface area contributed by atoms with Gasteiger partial charge in [-0.15, -0.1) is 89.3 Å². The molecule has 2 aromatic carbocycles. The Kier molecular flexibility index (Phi) is 22.0. The maximum absolute atomic E-state index is 13.4. The average Bonchev–Trinajstić information content (AvgIpc) is 3.32. The quantitative estimate of drug-likeness (QED) is 0.0816. The minimum atomic E-state index is -0.597. The van der Waals surface area contributed by atoms with Crippen molar-refractivity contribution in [3.63, 3.8) is 0 Å². The number of anilines is 1. The number of carbonyl (C=O) groups excluding carboxylic acids is 3. The third-order valence-corrected chi connectivity index (χ3v) is 72.1. The van der Waals surface area contributed by atoms with Crippen molar-refractivity contribution in [3.8, 4) is 0 Å². The van der Waals surface area contributed by atoms with Gasteiger partial charge in [-0.3, -0.25) is 14.4 Å². The van der Waals surface area contributed by atoms with E-state index in [0.717, 1.165) is 19.1 Å². The Balaban J connectivity index is 0.000000322. The number of fused-ring (bicyclic) bond motifs is 2. The van der Waals surface area contributed by atoms with Gasteiger partial charge < -0.3 is 9.47 Å². The van der Waals surface area contributed by atoms with Crippen LogP contribution in [0.2, 0.25) is 0 Å². The highest BCUT2D eigenvalue weighted by molar-refractivity contribution is 9.01. The Morgan fingerprint density at radius 1 is 0.860 bits per heavy atom. The lowest BCUT2D eigenvalue weighted by molar-refractivity contribution is -0.157. The predicted octanol–water partition coefficient (Wildman–Crippen LogP) is 12.9. The summed E-state index contributed by atoms with van der Waals surface area (Å²) >= 11 is 0. The number of hydrogen-bond donors (Lipinski definition) is 0. The summed E-state index contributed by atoms with van der Waals surface area (Å²) in [5, 5.41) is 0. The number of imide groups is 1. The van der Waals surface area contributed by atoms with Gasteiger partial charge in [0.2, 0.25) is 11.8 Å². The molecular formula is C27H50NO5P17. The number of amides is 2. The summed E-state index contributed by atoms with van der Waals surface area (Å²) in [6.45, 7) is 5.82. The van der Waals surface area contributed by atoms with Crippen LogP contribution in [0.4, 0.5) is 5.69 Å². The molecular weight excluding hydrogens is 945 g/mol. The second kappa shape index (κ2) is 22.6. The number of para-hydroxylation sites is 1. The first-order valence-corrected chi connectivity index (χ1v) is 43.0. The number of ether oxygens (including phenoxy) is 2. The molecule has 1 aliphatic heterocycles.